The van der Waals surface area contributed by atoms with Crippen molar-refractivity contribution < 1.29 is 22.7 Å². The monoisotopic (exact) mass is 345 g/mol. The molecule has 0 fully saturated rings. The minimum Gasteiger partial charge on any atom is -0.469 e. The van der Waals surface area contributed by atoms with Gasteiger partial charge in [-0.15, -0.1) is 0 Å². The summed E-state index contributed by atoms with van der Waals surface area (Å²) in [4.78, 5) is 14.4. The number of esters is 1. The van der Waals surface area contributed by atoms with Gasteiger partial charge in [0.1, 0.15) is 0 Å². The molecule has 0 spiro atoms. The molecule has 1 heterocycles. The third-order valence-electron chi connectivity index (χ3n) is 1.83. The number of carbonyl (C=O) groups excluding carboxylic acids is 1. The predicted molar refractivity (Wildman–Crippen MR) is 57.6 cm³/mol. The zero-order valence-electron chi connectivity index (χ0n) is 8.14. The summed E-state index contributed by atoms with van der Waals surface area (Å²) in [5, 5.41) is 0. The summed E-state index contributed by atoms with van der Waals surface area (Å²) in [5.74, 6) is -1.57. The number of rotatable bonds is 3. The first-order valence-corrected chi connectivity index (χ1v) is 5.23. The lowest BCUT2D eigenvalue weighted by Gasteiger charge is -2.07. The second kappa shape index (κ2) is 5.46. The van der Waals surface area contributed by atoms with E-state index < -0.39 is 23.8 Å². The van der Waals surface area contributed by atoms with Crippen molar-refractivity contribution in [1.82, 2.24) is 4.98 Å². The van der Waals surface area contributed by atoms with Crippen LogP contribution in [-0.2, 0) is 16.0 Å². The summed E-state index contributed by atoms with van der Waals surface area (Å²) in [7, 11) is 1.15. The maximum Gasteiger partial charge on any atom is 0.311 e. The Morgan fingerprint density at radius 1 is 1.62 bits per heavy atom. The number of halogens is 4. The zero-order valence-corrected chi connectivity index (χ0v) is 10.3. The van der Waals surface area contributed by atoms with E-state index in [1.165, 1.54) is 22.6 Å². The number of alkyl halides is 2. The Labute approximate surface area is 103 Å². The molecule has 0 amide bonds. The Morgan fingerprint density at radius 3 is 2.75 bits per heavy atom. The van der Waals surface area contributed by atoms with Crippen LogP contribution in [0.1, 0.15) is 17.7 Å². The second-order valence-electron chi connectivity index (χ2n) is 2.84. The van der Waals surface area contributed by atoms with Crippen molar-refractivity contribution in [2.75, 3.05) is 7.11 Å². The molecule has 1 rings (SSSR count). The van der Waals surface area contributed by atoms with Crippen molar-refractivity contribution in [2.45, 2.75) is 12.8 Å². The molecular formula is C9H7F3INO2. The van der Waals surface area contributed by atoms with Crippen LogP contribution in [0, 0.1) is 9.39 Å². The number of hydrogen-bond acceptors (Lipinski definition) is 3. The Balaban J connectivity index is 3.07. The summed E-state index contributed by atoms with van der Waals surface area (Å²) in [6.07, 6.45) is -2.29. The Kier molecular flexibility index (Phi) is 4.51. The van der Waals surface area contributed by atoms with Gasteiger partial charge in [0.15, 0.2) is 5.82 Å². The van der Waals surface area contributed by atoms with Crippen LogP contribution in [0.2, 0.25) is 0 Å². The van der Waals surface area contributed by atoms with E-state index in [2.05, 4.69) is 9.72 Å². The van der Waals surface area contributed by atoms with Crippen molar-refractivity contribution in [3.63, 3.8) is 0 Å². The first-order valence-electron chi connectivity index (χ1n) is 4.15. The smallest absolute Gasteiger partial charge is 0.311 e. The minimum absolute atomic E-state index is 0.194. The molecule has 16 heavy (non-hydrogen) atoms. The van der Waals surface area contributed by atoms with Crippen LogP contribution in [0.4, 0.5) is 13.2 Å². The quantitative estimate of drug-likeness (QED) is 0.624. The van der Waals surface area contributed by atoms with Crippen molar-refractivity contribution in [3.8, 4) is 0 Å². The average Bonchev–Trinajstić information content (AvgIpc) is 2.24. The largest absolute Gasteiger partial charge is 0.469 e. The Morgan fingerprint density at radius 2 is 2.25 bits per heavy atom. The molecule has 0 aliphatic rings. The fourth-order valence-corrected chi connectivity index (χ4v) is 1.68. The zero-order chi connectivity index (χ0) is 12.3. The fourth-order valence-electron chi connectivity index (χ4n) is 0.998. The number of hydrogen-bond donors (Lipinski definition) is 0. The molecular weight excluding hydrogens is 338 g/mol. The molecule has 3 nitrogen and oxygen atoms in total. The lowest BCUT2D eigenvalue weighted by molar-refractivity contribution is -0.139. The molecule has 0 N–H and O–H groups in total. The van der Waals surface area contributed by atoms with Crippen LogP contribution < -0.4 is 0 Å². The van der Waals surface area contributed by atoms with Crippen LogP contribution in [0.5, 0.6) is 0 Å². The predicted octanol–water partition coefficient (Wildman–Crippen LogP) is 2.48. The van der Waals surface area contributed by atoms with Gasteiger partial charge >= 0.3 is 5.97 Å². The van der Waals surface area contributed by atoms with Crippen molar-refractivity contribution >= 4 is 28.6 Å². The molecule has 1 aromatic heterocycles. The van der Waals surface area contributed by atoms with Gasteiger partial charge in [0.05, 0.1) is 28.4 Å². The van der Waals surface area contributed by atoms with Gasteiger partial charge in [0.25, 0.3) is 6.43 Å². The van der Waals surface area contributed by atoms with E-state index >= 15 is 0 Å². The number of ether oxygens (including phenoxy) is 1. The molecule has 1 aromatic rings. The molecule has 0 aliphatic heterocycles. The normalized spacial score (nSPS) is 10.6. The minimum atomic E-state index is -2.79. The van der Waals surface area contributed by atoms with E-state index in [1.807, 2.05) is 0 Å². The van der Waals surface area contributed by atoms with Crippen LogP contribution in [0.15, 0.2) is 6.20 Å². The van der Waals surface area contributed by atoms with Crippen LogP contribution in [0.25, 0.3) is 0 Å². The van der Waals surface area contributed by atoms with E-state index in [4.69, 9.17) is 0 Å². The molecule has 0 bridgehead atoms. The van der Waals surface area contributed by atoms with Gasteiger partial charge in [-0.2, -0.15) is 0 Å². The highest BCUT2D eigenvalue weighted by Crippen LogP contribution is 2.26. The number of aromatic nitrogens is 1. The Bertz CT molecular complexity index is 412. The lowest BCUT2D eigenvalue weighted by Crippen LogP contribution is -2.10. The molecule has 0 saturated heterocycles. The van der Waals surface area contributed by atoms with Gasteiger partial charge in [-0.3, -0.25) is 9.78 Å². The first kappa shape index (κ1) is 13.2. The van der Waals surface area contributed by atoms with E-state index in [9.17, 15) is 18.0 Å². The van der Waals surface area contributed by atoms with Crippen molar-refractivity contribution in [1.29, 1.82) is 0 Å². The molecule has 0 saturated carbocycles. The van der Waals surface area contributed by atoms with Gasteiger partial charge in [-0.05, 0) is 22.6 Å². The molecule has 0 radical (unpaired) electrons. The highest BCUT2D eigenvalue weighted by Gasteiger charge is 2.20. The third kappa shape index (κ3) is 2.83. The average molecular weight is 345 g/mol. The maximum atomic E-state index is 13.5. The van der Waals surface area contributed by atoms with E-state index in [0.29, 0.717) is 0 Å². The molecule has 0 atom stereocenters. The third-order valence-corrected chi connectivity index (χ3v) is 2.93. The number of pyridine rings is 1. The first-order chi connectivity index (χ1) is 7.47. The lowest BCUT2D eigenvalue weighted by atomic mass is 10.2. The molecule has 88 valence electrons. The summed E-state index contributed by atoms with van der Waals surface area (Å²) in [5.41, 5.74) is -0.674. The summed E-state index contributed by atoms with van der Waals surface area (Å²) >= 11 is 1.46. The summed E-state index contributed by atoms with van der Waals surface area (Å²) in [6, 6.07) is 0. The van der Waals surface area contributed by atoms with Gasteiger partial charge in [0, 0.05) is 6.20 Å². The Hall–Kier alpha value is -0.860. The second-order valence-corrected chi connectivity index (χ2v) is 3.92. The number of carbonyl (C=O) groups is 1. The standard InChI is InChI=1S/C9H7F3INO2/c1-16-6(15)2-5-7(10)8(13)4(3-14-5)9(11)12/h3,9H,2H2,1H3. The van der Waals surface area contributed by atoms with Gasteiger partial charge in [-0.25, -0.2) is 13.2 Å². The highest BCUT2D eigenvalue weighted by molar-refractivity contribution is 14.1. The maximum absolute atomic E-state index is 13.5. The SMILES string of the molecule is COC(=O)Cc1ncc(C(F)F)c(I)c1F. The van der Waals surface area contributed by atoms with Crippen LogP contribution >= 0.6 is 22.6 Å². The topological polar surface area (TPSA) is 39.2 Å². The van der Waals surface area contributed by atoms with E-state index in [1.54, 1.807) is 0 Å². The molecule has 0 aliphatic carbocycles. The van der Waals surface area contributed by atoms with Crippen LogP contribution in [-0.4, -0.2) is 18.1 Å². The molecule has 7 heteroatoms. The van der Waals surface area contributed by atoms with E-state index in [0.717, 1.165) is 13.3 Å². The fraction of sp³-hybridized carbons (Fsp3) is 0.333. The van der Waals surface area contributed by atoms with Gasteiger partial charge in [0.2, 0.25) is 0 Å². The highest BCUT2D eigenvalue weighted by atomic mass is 127. The van der Waals surface area contributed by atoms with Gasteiger partial charge < -0.3 is 4.74 Å². The van der Waals surface area contributed by atoms with Gasteiger partial charge in [-0.1, -0.05) is 0 Å². The van der Waals surface area contributed by atoms with Crippen LogP contribution in [0.3, 0.4) is 0 Å². The summed E-state index contributed by atoms with van der Waals surface area (Å²) < 4.78 is 42.3. The molecule has 0 aromatic carbocycles. The molecule has 0 unspecified atom stereocenters. The van der Waals surface area contributed by atoms with E-state index in [-0.39, 0.29) is 15.7 Å². The van der Waals surface area contributed by atoms with Crippen molar-refractivity contribution in [3.05, 3.63) is 26.8 Å². The number of nitrogens with zero attached hydrogens (tertiary/aromatic N) is 1. The number of methoxy groups -OCH3 is 1. The summed E-state index contributed by atoms with van der Waals surface area (Å²) in [6.45, 7) is 0. The van der Waals surface area contributed by atoms with Crippen molar-refractivity contribution in [2.24, 2.45) is 0 Å².